The van der Waals surface area contributed by atoms with Gasteiger partial charge in [0.2, 0.25) is 5.91 Å². The lowest BCUT2D eigenvalue weighted by Crippen LogP contribution is -2.48. The summed E-state index contributed by atoms with van der Waals surface area (Å²) in [5, 5.41) is 3.05. The Kier molecular flexibility index (Phi) is 4.44. The molecule has 2 fully saturated rings. The number of carbonyl (C=O) groups is 1. The molecule has 0 spiro atoms. The van der Waals surface area contributed by atoms with Crippen LogP contribution in [-0.4, -0.2) is 50.1 Å². The van der Waals surface area contributed by atoms with Crippen molar-refractivity contribution in [3.8, 4) is 0 Å². The first kappa shape index (κ1) is 14.4. The summed E-state index contributed by atoms with van der Waals surface area (Å²) < 4.78 is 0. The fourth-order valence-corrected chi connectivity index (χ4v) is 2.88. The second-order valence-corrected chi connectivity index (χ2v) is 6.23. The van der Waals surface area contributed by atoms with E-state index in [1.165, 1.54) is 11.3 Å². The summed E-state index contributed by atoms with van der Waals surface area (Å²) in [6.45, 7) is 8.20. The van der Waals surface area contributed by atoms with Crippen LogP contribution in [0.1, 0.15) is 18.4 Å². The van der Waals surface area contributed by atoms with Crippen molar-refractivity contribution in [1.82, 2.24) is 10.2 Å². The maximum absolute atomic E-state index is 11.6. The Balaban J connectivity index is 1.39. The molecule has 0 aromatic heterocycles. The van der Waals surface area contributed by atoms with Crippen LogP contribution in [0.2, 0.25) is 0 Å². The fraction of sp³-hybridized carbons (Fsp3) is 0.588. The largest absolute Gasteiger partial charge is 0.369 e. The van der Waals surface area contributed by atoms with Crippen molar-refractivity contribution >= 4 is 11.6 Å². The molecule has 1 amide bonds. The van der Waals surface area contributed by atoms with Gasteiger partial charge in [0.15, 0.2) is 0 Å². The first-order chi connectivity index (χ1) is 10.2. The third-order valence-corrected chi connectivity index (χ3v) is 4.41. The Morgan fingerprint density at radius 3 is 2.67 bits per heavy atom. The van der Waals surface area contributed by atoms with E-state index in [2.05, 4.69) is 46.3 Å². The summed E-state index contributed by atoms with van der Waals surface area (Å²) in [5.41, 5.74) is 2.65. The molecule has 21 heavy (non-hydrogen) atoms. The molecule has 1 N–H and O–H groups in total. The molecule has 1 heterocycles. The van der Waals surface area contributed by atoms with Crippen LogP contribution >= 0.6 is 0 Å². The highest BCUT2D eigenvalue weighted by Crippen LogP contribution is 2.28. The van der Waals surface area contributed by atoms with Gasteiger partial charge in [-0.3, -0.25) is 9.69 Å². The van der Waals surface area contributed by atoms with Gasteiger partial charge in [0, 0.05) is 50.9 Å². The monoisotopic (exact) mass is 287 g/mol. The minimum Gasteiger partial charge on any atom is -0.369 e. The number of carbonyl (C=O) groups excluding carboxylic acids is 1. The van der Waals surface area contributed by atoms with Crippen molar-refractivity contribution in [2.75, 3.05) is 44.2 Å². The van der Waals surface area contributed by atoms with Gasteiger partial charge in [-0.2, -0.15) is 0 Å². The molecule has 114 valence electrons. The zero-order chi connectivity index (χ0) is 14.7. The number of aryl methyl sites for hydroxylation is 1. The van der Waals surface area contributed by atoms with Crippen LogP contribution in [0, 0.1) is 12.8 Å². The van der Waals surface area contributed by atoms with E-state index in [0.717, 1.165) is 52.1 Å². The predicted molar refractivity (Wildman–Crippen MR) is 85.6 cm³/mol. The number of nitrogens with zero attached hydrogens (tertiary/aromatic N) is 2. The first-order valence-electron chi connectivity index (χ1n) is 8.04. The van der Waals surface area contributed by atoms with Crippen LogP contribution in [0.25, 0.3) is 0 Å². The van der Waals surface area contributed by atoms with Gasteiger partial charge in [-0.1, -0.05) is 12.1 Å². The third kappa shape index (κ3) is 3.97. The highest BCUT2D eigenvalue weighted by Gasteiger charge is 2.29. The molecule has 4 heteroatoms. The summed E-state index contributed by atoms with van der Waals surface area (Å²) in [7, 11) is 0. The molecule has 2 aliphatic rings. The normalized spacial score (nSPS) is 19.6. The molecule has 1 aliphatic carbocycles. The van der Waals surface area contributed by atoms with Crippen LogP contribution in [0.3, 0.4) is 0 Å². The summed E-state index contributed by atoms with van der Waals surface area (Å²) in [6, 6.07) is 8.72. The molecule has 0 bridgehead atoms. The lowest BCUT2D eigenvalue weighted by atomic mass is 10.2. The average Bonchev–Trinajstić information content (AvgIpc) is 3.32. The van der Waals surface area contributed by atoms with E-state index >= 15 is 0 Å². The van der Waals surface area contributed by atoms with Gasteiger partial charge < -0.3 is 10.2 Å². The fourth-order valence-electron chi connectivity index (χ4n) is 2.88. The van der Waals surface area contributed by atoms with Gasteiger partial charge in [0.1, 0.15) is 0 Å². The van der Waals surface area contributed by atoms with Crippen LogP contribution < -0.4 is 10.2 Å². The number of benzene rings is 1. The molecule has 0 radical (unpaired) electrons. The van der Waals surface area contributed by atoms with E-state index in [1.807, 2.05) is 0 Å². The molecule has 3 rings (SSSR count). The maximum Gasteiger partial charge on any atom is 0.223 e. The Morgan fingerprint density at radius 2 is 2.00 bits per heavy atom. The van der Waals surface area contributed by atoms with Crippen molar-refractivity contribution in [3.05, 3.63) is 29.8 Å². The summed E-state index contributed by atoms with van der Waals surface area (Å²) in [4.78, 5) is 16.5. The minimum absolute atomic E-state index is 0.258. The number of amides is 1. The second-order valence-electron chi connectivity index (χ2n) is 6.23. The zero-order valence-electron chi connectivity index (χ0n) is 12.8. The first-order valence-corrected chi connectivity index (χ1v) is 8.04. The quantitative estimate of drug-likeness (QED) is 0.894. The highest BCUT2D eigenvalue weighted by molar-refractivity contribution is 5.80. The Hall–Kier alpha value is -1.55. The molecule has 1 aromatic rings. The lowest BCUT2D eigenvalue weighted by Gasteiger charge is -2.36. The van der Waals surface area contributed by atoms with Crippen molar-refractivity contribution in [1.29, 1.82) is 0 Å². The van der Waals surface area contributed by atoms with Crippen LogP contribution in [0.15, 0.2) is 24.3 Å². The Bertz CT molecular complexity index is 491. The zero-order valence-corrected chi connectivity index (χ0v) is 12.8. The smallest absolute Gasteiger partial charge is 0.223 e. The van der Waals surface area contributed by atoms with Crippen LogP contribution in [-0.2, 0) is 4.79 Å². The van der Waals surface area contributed by atoms with Crippen molar-refractivity contribution in [2.24, 2.45) is 5.92 Å². The van der Waals surface area contributed by atoms with Crippen LogP contribution in [0.4, 0.5) is 5.69 Å². The molecule has 0 unspecified atom stereocenters. The van der Waals surface area contributed by atoms with Gasteiger partial charge in [-0.05, 0) is 37.5 Å². The van der Waals surface area contributed by atoms with Crippen molar-refractivity contribution in [2.45, 2.75) is 19.8 Å². The SMILES string of the molecule is Cc1cccc(N2CCN(CCNC(=O)C3CC3)CC2)c1. The minimum atomic E-state index is 0.258. The molecule has 1 saturated heterocycles. The van der Waals surface area contributed by atoms with E-state index in [4.69, 9.17) is 0 Å². The Labute approximate surface area is 127 Å². The van der Waals surface area contributed by atoms with E-state index in [1.54, 1.807) is 0 Å². The van der Waals surface area contributed by atoms with E-state index in [0.29, 0.717) is 5.92 Å². The molecular formula is C17H25N3O. The number of hydrogen-bond donors (Lipinski definition) is 1. The lowest BCUT2D eigenvalue weighted by molar-refractivity contribution is -0.122. The maximum atomic E-state index is 11.6. The van der Waals surface area contributed by atoms with Gasteiger partial charge in [-0.15, -0.1) is 0 Å². The summed E-state index contributed by atoms with van der Waals surface area (Å²) >= 11 is 0. The van der Waals surface area contributed by atoms with Gasteiger partial charge in [0.25, 0.3) is 0 Å². The highest BCUT2D eigenvalue weighted by atomic mass is 16.2. The molecule has 1 aliphatic heterocycles. The van der Waals surface area contributed by atoms with E-state index < -0.39 is 0 Å². The number of nitrogens with one attached hydrogen (secondary N) is 1. The van der Waals surface area contributed by atoms with E-state index in [-0.39, 0.29) is 5.91 Å². The molecule has 1 aromatic carbocycles. The van der Waals surface area contributed by atoms with Gasteiger partial charge in [0.05, 0.1) is 0 Å². The average molecular weight is 287 g/mol. The third-order valence-electron chi connectivity index (χ3n) is 4.41. The summed E-state index contributed by atoms with van der Waals surface area (Å²) in [6.07, 6.45) is 2.17. The molecule has 4 nitrogen and oxygen atoms in total. The van der Waals surface area contributed by atoms with Crippen molar-refractivity contribution in [3.63, 3.8) is 0 Å². The molecular weight excluding hydrogens is 262 g/mol. The van der Waals surface area contributed by atoms with Crippen LogP contribution in [0.5, 0.6) is 0 Å². The number of anilines is 1. The number of hydrogen-bond acceptors (Lipinski definition) is 3. The van der Waals surface area contributed by atoms with E-state index in [9.17, 15) is 4.79 Å². The van der Waals surface area contributed by atoms with Crippen molar-refractivity contribution < 1.29 is 4.79 Å². The number of rotatable bonds is 5. The second kappa shape index (κ2) is 6.48. The molecule has 0 atom stereocenters. The predicted octanol–water partition coefficient (Wildman–Crippen LogP) is 1.64. The standard InChI is InChI=1S/C17H25N3O/c1-14-3-2-4-16(13-14)20-11-9-19(10-12-20)8-7-18-17(21)15-5-6-15/h2-4,13,15H,5-12H2,1H3,(H,18,21). The van der Waals surface area contributed by atoms with Gasteiger partial charge >= 0.3 is 0 Å². The summed E-state index contributed by atoms with van der Waals surface area (Å²) in [5.74, 6) is 0.580. The number of piperazine rings is 1. The Morgan fingerprint density at radius 1 is 1.24 bits per heavy atom. The topological polar surface area (TPSA) is 35.6 Å². The van der Waals surface area contributed by atoms with Gasteiger partial charge in [-0.25, -0.2) is 0 Å². The molecule has 1 saturated carbocycles.